The van der Waals surface area contributed by atoms with E-state index in [1.54, 1.807) is 12.1 Å². The molecule has 0 atom stereocenters. The van der Waals surface area contributed by atoms with Crippen LogP contribution in [0.1, 0.15) is 0 Å². The molecule has 0 amide bonds. The van der Waals surface area contributed by atoms with Crippen molar-refractivity contribution >= 4 is 22.6 Å². The molecule has 0 aliphatic heterocycles. The number of nitrogens with zero attached hydrogens (tertiary/aromatic N) is 2. The molecule has 5 heteroatoms. The summed E-state index contributed by atoms with van der Waals surface area (Å²) in [5.41, 5.74) is 1.42. The molecule has 0 fully saturated rings. The first-order valence-electron chi connectivity index (χ1n) is 5.62. The quantitative estimate of drug-likeness (QED) is 0.705. The predicted octanol–water partition coefficient (Wildman–Crippen LogP) is 3.71. The van der Waals surface area contributed by atoms with Crippen molar-refractivity contribution < 1.29 is 9.63 Å². The molecule has 0 saturated carbocycles. The molecule has 19 heavy (non-hydrogen) atoms. The minimum absolute atomic E-state index is 0.128. The van der Waals surface area contributed by atoms with Crippen LogP contribution in [0.3, 0.4) is 0 Å². The second-order valence-electron chi connectivity index (χ2n) is 3.95. The fourth-order valence-corrected chi connectivity index (χ4v) is 2.21. The molecule has 0 aliphatic carbocycles. The van der Waals surface area contributed by atoms with Crippen molar-refractivity contribution in [2.75, 3.05) is 0 Å². The number of phenolic OH excluding ortho intramolecular Hbond substituents is 1. The van der Waals surface area contributed by atoms with Gasteiger partial charge in [-0.15, -0.1) is 0 Å². The molecule has 94 valence electrons. The van der Waals surface area contributed by atoms with E-state index in [0.717, 1.165) is 9.13 Å². The molecule has 0 spiro atoms. The van der Waals surface area contributed by atoms with Crippen LogP contribution in [0, 0.1) is 3.57 Å². The van der Waals surface area contributed by atoms with Crippen molar-refractivity contribution in [3.05, 3.63) is 52.1 Å². The summed E-state index contributed by atoms with van der Waals surface area (Å²) < 4.78 is 6.21. The molecular weight excluding hydrogens is 355 g/mol. The zero-order valence-electron chi connectivity index (χ0n) is 9.75. The van der Waals surface area contributed by atoms with Crippen LogP contribution in [0.4, 0.5) is 0 Å². The molecule has 1 N–H and O–H groups in total. The first kappa shape index (κ1) is 12.2. The number of benzene rings is 2. The molecule has 3 aromatic rings. The number of aromatic hydroxyl groups is 1. The van der Waals surface area contributed by atoms with Crippen molar-refractivity contribution in [1.82, 2.24) is 10.1 Å². The molecule has 1 aromatic heterocycles. The number of hydrogen-bond donors (Lipinski definition) is 1. The summed E-state index contributed by atoms with van der Waals surface area (Å²) in [7, 11) is 0. The van der Waals surface area contributed by atoms with E-state index in [-0.39, 0.29) is 5.75 Å². The monoisotopic (exact) mass is 364 g/mol. The minimum Gasteiger partial charge on any atom is -0.507 e. The van der Waals surface area contributed by atoms with E-state index >= 15 is 0 Å². The number of aromatic nitrogens is 2. The van der Waals surface area contributed by atoms with Crippen LogP contribution in [0.15, 0.2) is 53.1 Å². The Kier molecular flexibility index (Phi) is 3.20. The molecule has 0 radical (unpaired) electrons. The third-order valence-electron chi connectivity index (χ3n) is 2.65. The summed E-state index contributed by atoms with van der Waals surface area (Å²) in [5, 5.41) is 13.8. The van der Waals surface area contributed by atoms with Gasteiger partial charge in [0.05, 0.1) is 5.56 Å². The van der Waals surface area contributed by atoms with Gasteiger partial charge in [0.25, 0.3) is 5.89 Å². The molecule has 0 aliphatic rings. The second kappa shape index (κ2) is 5.00. The molecular formula is C14H9IN2O2. The van der Waals surface area contributed by atoms with Gasteiger partial charge in [0.2, 0.25) is 5.82 Å². The Labute approximate surface area is 123 Å². The number of halogens is 1. The highest BCUT2D eigenvalue weighted by Crippen LogP contribution is 2.30. The Bertz CT molecular complexity index is 710. The van der Waals surface area contributed by atoms with Gasteiger partial charge < -0.3 is 9.63 Å². The molecule has 2 aromatic carbocycles. The Balaban J connectivity index is 2.04. The fraction of sp³-hybridized carbons (Fsp3) is 0. The Morgan fingerprint density at radius 3 is 2.63 bits per heavy atom. The van der Waals surface area contributed by atoms with Crippen molar-refractivity contribution in [2.24, 2.45) is 0 Å². The zero-order chi connectivity index (χ0) is 13.2. The predicted molar refractivity (Wildman–Crippen MR) is 79.6 cm³/mol. The highest BCUT2D eigenvalue weighted by atomic mass is 127. The Morgan fingerprint density at radius 1 is 1.05 bits per heavy atom. The number of rotatable bonds is 2. The van der Waals surface area contributed by atoms with Crippen LogP contribution < -0.4 is 0 Å². The summed E-state index contributed by atoms with van der Waals surface area (Å²) in [5.74, 6) is 0.951. The fourth-order valence-electron chi connectivity index (χ4n) is 1.72. The van der Waals surface area contributed by atoms with E-state index in [2.05, 4.69) is 32.7 Å². The summed E-state index contributed by atoms with van der Waals surface area (Å²) >= 11 is 2.17. The van der Waals surface area contributed by atoms with Gasteiger partial charge >= 0.3 is 0 Å². The average molecular weight is 364 g/mol. The standard InChI is InChI=1S/C14H9IN2O2/c15-10-6-7-12(18)11(8-10)14-16-13(17-19-14)9-4-2-1-3-5-9/h1-8,18H. The third kappa shape index (κ3) is 2.46. The lowest BCUT2D eigenvalue weighted by Crippen LogP contribution is -1.82. The SMILES string of the molecule is Oc1ccc(I)cc1-c1nc(-c2ccccc2)no1. The van der Waals surface area contributed by atoms with Gasteiger partial charge in [-0.05, 0) is 40.8 Å². The van der Waals surface area contributed by atoms with Crippen molar-refractivity contribution in [1.29, 1.82) is 0 Å². The smallest absolute Gasteiger partial charge is 0.262 e. The van der Waals surface area contributed by atoms with E-state index < -0.39 is 0 Å². The van der Waals surface area contributed by atoms with Crippen molar-refractivity contribution in [3.63, 3.8) is 0 Å². The third-order valence-corrected chi connectivity index (χ3v) is 3.32. The first-order valence-corrected chi connectivity index (χ1v) is 6.70. The summed E-state index contributed by atoms with van der Waals surface area (Å²) in [6, 6.07) is 14.8. The van der Waals surface area contributed by atoms with E-state index in [0.29, 0.717) is 17.3 Å². The summed E-state index contributed by atoms with van der Waals surface area (Å²) in [6.45, 7) is 0. The van der Waals surface area contributed by atoms with Crippen LogP contribution >= 0.6 is 22.6 Å². The zero-order valence-corrected chi connectivity index (χ0v) is 11.9. The van der Waals surface area contributed by atoms with Crippen LogP contribution in [0.2, 0.25) is 0 Å². The lowest BCUT2D eigenvalue weighted by atomic mass is 10.2. The van der Waals surface area contributed by atoms with E-state index in [1.807, 2.05) is 36.4 Å². The molecule has 0 unspecified atom stereocenters. The van der Waals surface area contributed by atoms with Crippen molar-refractivity contribution in [3.8, 4) is 28.6 Å². The minimum atomic E-state index is 0.128. The van der Waals surface area contributed by atoms with Crippen LogP contribution in [0.5, 0.6) is 5.75 Å². The number of hydrogen-bond acceptors (Lipinski definition) is 4. The molecule has 0 bridgehead atoms. The first-order chi connectivity index (χ1) is 9.24. The average Bonchev–Trinajstić information content (AvgIpc) is 2.92. The highest BCUT2D eigenvalue weighted by molar-refractivity contribution is 14.1. The van der Waals surface area contributed by atoms with Crippen molar-refractivity contribution in [2.45, 2.75) is 0 Å². The molecule has 3 rings (SSSR count). The Morgan fingerprint density at radius 2 is 1.84 bits per heavy atom. The van der Waals surface area contributed by atoms with Gasteiger partial charge in [0, 0.05) is 9.13 Å². The van der Waals surface area contributed by atoms with Gasteiger partial charge in [-0.25, -0.2) is 0 Å². The lowest BCUT2D eigenvalue weighted by molar-refractivity contribution is 0.425. The van der Waals surface area contributed by atoms with Crippen LogP contribution in [-0.2, 0) is 0 Å². The lowest BCUT2D eigenvalue weighted by Gasteiger charge is -1.99. The van der Waals surface area contributed by atoms with E-state index in [1.165, 1.54) is 0 Å². The Hall–Kier alpha value is -1.89. The van der Waals surface area contributed by atoms with E-state index in [9.17, 15) is 5.11 Å². The van der Waals surface area contributed by atoms with Crippen LogP contribution in [-0.4, -0.2) is 15.2 Å². The van der Waals surface area contributed by atoms with Gasteiger partial charge in [-0.2, -0.15) is 4.98 Å². The maximum Gasteiger partial charge on any atom is 0.262 e. The summed E-state index contributed by atoms with van der Waals surface area (Å²) in [6.07, 6.45) is 0. The largest absolute Gasteiger partial charge is 0.507 e. The maximum atomic E-state index is 9.84. The van der Waals surface area contributed by atoms with Crippen LogP contribution in [0.25, 0.3) is 22.8 Å². The molecule has 4 nitrogen and oxygen atoms in total. The maximum absolute atomic E-state index is 9.84. The van der Waals surface area contributed by atoms with Gasteiger partial charge in [0.15, 0.2) is 0 Å². The normalized spacial score (nSPS) is 10.6. The summed E-state index contributed by atoms with van der Waals surface area (Å²) in [4.78, 5) is 4.31. The highest BCUT2D eigenvalue weighted by Gasteiger charge is 2.14. The number of phenols is 1. The van der Waals surface area contributed by atoms with Gasteiger partial charge in [-0.3, -0.25) is 0 Å². The van der Waals surface area contributed by atoms with Gasteiger partial charge in [-0.1, -0.05) is 35.5 Å². The van der Waals surface area contributed by atoms with E-state index in [4.69, 9.17) is 4.52 Å². The molecule has 0 saturated heterocycles. The topological polar surface area (TPSA) is 59.2 Å². The molecule has 1 heterocycles. The second-order valence-corrected chi connectivity index (χ2v) is 5.20. The van der Waals surface area contributed by atoms with Gasteiger partial charge in [0.1, 0.15) is 5.75 Å².